The Morgan fingerprint density at radius 3 is 2.35 bits per heavy atom. The first kappa shape index (κ1) is 40.5. The van der Waals surface area contributed by atoms with Crippen LogP contribution >= 0.6 is 0 Å². The number of furan rings is 1. The lowest BCUT2D eigenvalue weighted by molar-refractivity contribution is -0.0891. The molecule has 0 aliphatic heterocycles. The fourth-order valence-electron chi connectivity index (χ4n) is 5.83. The highest BCUT2D eigenvalue weighted by Gasteiger charge is 2.33. The number of hydrogen-bond donors (Lipinski definition) is 3. The van der Waals surface area contributed by atoms with Gasteiger partial charge in [0, 0.05) is 42.3 Å². The van der Waals surface area contributed by atoms with Crippen molar-refractivity contribution < 1.29 is 56.0 Å². The smallest absolute Gasteiger partial charge is 0.255 e. The van der Waals surface area contributed by atoms with E-state index in [0.29, 0.717) is 33.3 Å². The van der Waals surface area contributed by atoms with Crippen molar-refractivity contribution in [3.8, 4) is 11.3 Å². The van der Waals surface area contributed by atoms with Crippen molar-refractivity contribution in [2.24, 2.45) is 0 Å². The van der Waals surface area contributed by atoms with Gasteiger partial charge in [-0.15, -0.1) is 0 Å². The van der Waals surface area contributed by atoms with E-state index in [0.717, 1.165) is 36.3 Å². The summed E-state index contributed by atoms with van der Waals surface area (Å²) in [6.07, 6.45) is 2.23. The molecule has 290 valence electrons. The zero-order valence-corrected chi connectivity index (χ0v) is 31.2. The normalized spacial score (nSPS) is 14.0. The van der Waals surface area contributed by atoms with Gasteiger partial charge in [0.1, 0.15) is 17.2 Å². The molecule has 1 aliphatic rings. The lowest BCUT2D eigenvalue weighted by Gasteiger charge is -2.25. The molecule has 4 aromatic rings. The van der Waals surface area contributed by atoms with Crippen LogP contribution in [0.2, 0.25) is 0 Å². The first-order valence-corrected chi connectivity index (χ1v) is 19.4. The number of ether oxygens (including phenoxy) is 4. The Balaban J connectivity index is 1.13. The van der Waals surface area contributed by atoms with E-state index in [1.807, 2.05) is 6.07 Å². The number of nitrogens with zero attached hydrogens (tertiary/aromatic N) is 1. The van der Waals surface area contributed by atoms with Gasteiger partial charge in [-0.25, -0.2) is 12.8 Å². The molecule has 5 rings (SSSR count). The van der Waals surface area contributed by atoms with Gasteiger partial charge in [-0.2, -0.15) is 0 Å². The zero-order chi connectivity index (χ0) is 38.8. The molecule has 1 fully saturated rings. The summed E-state index contributed by atoms with van der Waals surface area (Å²) in [6, 6.07) is 15.8. The van der Waals surface area contributed by atoms with Gasteiger partial charge in [0.2, 0.25) is 16.3 Å². The van der Waals surface area contributed by atoms with Crippen LogP contribution in [-0.4, -0.2) is 96.1 Å². The number of sulfonamides is 1. The van der Waals surface area contributed by atoms with Crippen molar-refractivity contribution in [2.75, 3.05) is 63.8 Å². The van der Waals surface area contributed by atoms with E-state index in [1.165, 1.54) is 35.6 Å². The molecule has 1 heterocycles. The van der Waals surface area contributed by atoms with E-state index < -0.39 is 33.7 Å². The van der Waals surface area contributed by atoms with Crippen LogP contribution in [0.4, 0.5) is 10.1 Å². The highest BCUT2D eigenvalue weighted by atomic mass is 32.2. The molecule has 0 bridgehead atoms. The van der Waals surface area contributed by atoms with Crippen LogP contribution in [0.5, 0.6) is 0 Å². The molecule has 1 aromatic heterocycles. The molecule has 54 heavy (non-hydrogen) atoms. The van der Waals surface area contributed by atoms with Crippen LogP contribution in [0.25, 0.3) is 22.3 Å². The third-order valence-electron chi connectivity index (χ3n) is 8.60. The fraction of sp³-hybridized carbons (Fsp3) is 0.385. The minimum Gasteiger partial charge on any atom is -0.507 e. The monoisotopic (exact) mass is 768 g/mol. The molecule has 13 nitrogen and oxygen atoms in total. The molecule has 3 N–H and O–H groups in total. The van der Waals surface area contributed by atoms with E-state index >= 15 is 0 Å². The number of hydrogen-bond acceptors (Lipinski definition) is 11. The predicted octanol–water partition coefficient (Wildman–Crippen LogP) is 5.47. The molecule has 1 atom stereocenters. The number of rotatable bonds is 21. The number of carbonyl (C=O) groups excluding carboxylic acids is 2. The minimum absolute atomic E-state index is 0.0328. The first-order valence-electron chi connectivity index (χ1n) is 17.5. The molecule has 1 amide bonds. The van der Waals surface area contributed by atoms with Gasteiger partial charge in [-0.3, -0.25) is 13.9 Å². The predicted molar refractivity (Wildman–Crippen MR) is 200 cm³/mol. The molecule has 15 heteroatoms. The van der Waals surface area contributed by atoms with Gasteiger partial charge >= 0.3 is 0 Å². The van der Waals surface area contributed by atoms with Gasteiger partial charge in [0.05, 0.1) is 63.7 Å². The number of ketones is 1. The third-order valence-corrected chi connectivity index (χ3v) is 9.78. The zero-order valence-electron chi connectivity index (χ0n) is 30.4. The Morgan fingerprint density at radius 1 is 1.02 bits per heavy atom. The van der Waals surface area contributed by atoms with Crippen LogP contribution in [0.3, 0.4) is 0 Å². The van der Waals surface area contributed by atoms with Crippen molar-refractivity contribution >= 4 is 38.4 Å². The quantitative estimate of drug-likeness (QED) is 0.0323. The van der Waals surface area contributed by atoms with E-state index in [1.54, 1.807) is 37.3 Å². The second-order valence-corrected chi connectivity index (χ2v) is 14.5. The summed E-state index contributed by atoms with van der Waals surface area (Å²) in [5.74, 6) is -1.50. The van der Waals surface area contributed by atoms with Crippen LogP contribution in [0, 0.1) is 5.82 Å². The number of carbonyl (C=O) groups is 2. The summed E-state index contributed by atoms with van der Waals surface area (Å²) < 4.78 is 69.2. The van der Waals surface area contributed by atoms with E-state index in [4.69, 9.17) is 23.4 Å². The number of benzene rings is 3. The Bertz CT molecular complexity index is 2060. The van der Waals surface area contributed by atoms with E-state index in [9.17, 15) is 32.6 Å². The Morgan fingerprint density at radius 2 is 1.70 bits per heavy atom. The Hall–Kier alpha value is -4.64. The van der Waals surface area contributed by atoms with Crippen molar-refractivity contribution in [1.82, 2.24) is 5.32 Å². The number of aliphatic hydroxyl groups is 2. The summed E-state index contributed by atoms with van der Waals surface area (Å²) in [4.78, 5) is 25.5. The number of allylic oxidation sites excluding steroid dienone is 1. The number of halogens is 1. The number of amides is 1. The van der Waals surface area contributed by atoms with E-state index in [2.05, 4.69) is 5.32 Å². The maximum Gasteiger partial charge on any atom is 0.255 e. The summed E-state index contributed by atoms with van der Waals surface area (Å²) in [7, 11) is -2.24. The summed E-state index contributed by atoms with van der Waals surface area (Å²) in [5.41, 5.74) is 3.41. The molecule has 3 aromatic carbocycles. The summed E-state index contributed by atoms with van der Waals surface area (Å²) >= 11 is 0. The van der Waals surface area contributed by atoms with Gasteiger partial charge in [0.25, 0.3) is 5.91 Å². The standard InChI is InChI=1S/C39H45FN2O11S/c1-4-52-39(46)34(44)23-33(43)28-7-5-6-25(20-28)24-51-19-18-50-17-16-49-15-14-42(54(3,47)48)32-22-35-31(21-30(32)26-8-9-26)36(38(45)41-2)37(53-35)27-10-12-29(40)13-11-27/h5-7,10-13,20-23,26,39,44,46H,4,8-9,14-19,24H2,1-3H3,(H,41,45)/b34-23-. The van der Waals surface area contributed by atoms with Gasteiger partial charge in [0.15, 0.2) is 11.5 Å². The molecule has 1 saturated carbocycles. The van der Waals surface area contributed by atoms with Gasteiger partial charge < -0.3 is 38.9 Å². The van der Waals surface area contributed by atoms with Crippen molar-refractivity contribution in [1.29, 1.82) is 0 Å². The highest BCUT2D eigenvalue weighted by Crippen LogP contribution is 2.48. The van der Waals surface area contributed by atoms with Crippen LogP contribution in [0.1, 0.15) is 57.5 Å². The van der Waals surface area contributed by atoms with Crippen LogP contribution in [0.15, 0.2) is 76.9 Å². The van der Waals surface area contributed by atoms with Gasteiger partial charge in [-0.1, -0.05) is 18.2 Å². The van der Waals surface area contributed by atoms with E-state index in [-0.39, 0.29) is 70.4 Å². The van der Waals surface area contributed by atoms with Crippen LogP contribution in [-0.2, 0) is 35.6 Å². The van der Waals surface area contributed by atoms with Gasteiger partial charge in [-0.05, 0) is 73.2 Å². The maximum absolute atomic E-state index is 13.7. The molecule has 0 radical (unpaired) electrons. The second-order valence-electron chi connectivity index (χ2n) is 12.6. The largest absolute Gasteiger partial charge is 0.507 e. The van der Waals surface area contributed by atoms with Crippen molar-refractivity contribution in [2.45, 2.75) is 38.6 Å². The molecule has 0 spiro atoms. The number of anilines is 1. The molecular weight excluding hydrogens is 723 g/mol. The second kappa shape index (κ2) is 18.6. The van der Waals surface area contributed by atoms with Crippen LogP contribution < -0.4 is 9.62 Å². The maximum atomic E-state index is 13.7. The molecule has 1 aliphatic carbocycles. The minimum atomic E-state index is -3.75. The topological polar surface area (TPSA) is 174 Å². The summed E-state index contributed by atoms with van der Waals surface area (Å²) in [5, 5.41) is 22.7. The SMILES string of the molecule is CCOC(O)/C(O)=C/C(=O)c1cccc(COCCOCCOCCN(c2cc3oc(-c4ccc(F)cc4)c(C(=O)NC)c3cc2C2CC2)S(C)(=O)=O)c1. The van der Waals surface area contributed by atoms with Crippen molar-refractivity contribution in [3.63, 3.8) is 0 Å². The fourth-order valence-corrected chi connectivity index (χ4v) is 6.75. The third kappa shape index (κ3) is 10.5. The van der Waals surface area contributed by atoms with Crippen molar-refractivity contribution in [3.05, 3.63) is 101 Å². The average molecular weight is 769 g/mol. The lowest BCUT2D eigenvalue weighted by atomic mass is 10.0. The molecular formula is C39H45FN2O11S. The average Bonchev–Trinajstić information content (AvgIpc) is 3.93. The Kier molecular flexibility index (Phi) is 14.0. The lowest BCUT2D eigenvalue weighted by Crippen LogP contribution is -2.34. The first-order chi connectivity index (χ1) is 25.9. The number of aliphatic hydroxyl groups excluding tert-OH is 2. The highest BCUT2D eigenvalue weighted by molar-refractivity contribution is 7.92. The summed E-state index contributed by atoms with van der Waals surface area (Å²) in [6.45, 7) is 3.15. The molecule has 1 unspecified atom stereocenters. The number of fused-ring (bicyclic) bond motifs is 1. The number of nitrogens with one attached hydrogen (secondary N) is 1. The Labute approximate surface area is 313 Å². The molecule has 0 saturated heterocycles.